The van der Waals surface area contributed by atoms with Crippen LogP contribution in [0.25, 0.3) is 0 Å². The van der Waals surface area contributed by atoms with Crippen LogP contribution in [0.15, 0.2) is 18.5 Å². The van der Waals surface area contributed by atoms with E-state index in [1.54, 1.807) is 0 Å². The second-order valence-corrected chi connectivity index (χ2v) is 4.39. The predicted molar refractivity (Wildman–Crippen MR) is 63.0 cm³/mol. The molecule has 1 aliphatic heterocycles. The molecule has 0 saturated carbocycles. The molecule has 3 heteroatoms. The molecular weight excluding hydrogens is 186 g/mol. The predicted octanol–water partition coefficient (Wildman–Crippen LogP) is 1.24. The Morgan fingerprint density at radius 3 is 2.87 bits per heavy atom. The lowest BCUT2D eigenvalue weighted by Crippen LogP contribution is -2.47. The van der Waals surface area contributed by atoms with Crippen molar-refractivity contribution < 1.29 is 0 Å². The molecule has 0 spiro atoms. The summed E-state index contributed by atoms with van der Waals surface area (Å²) in [6, 6.07) is 2.88. The van der Waals surface area contributed by atoms with Crippen molar-refractivity contribution in [2.75, 3.05) is 26.2 Å². The molecule has 2 rings (SSSR count). The fourth-order valence-corrected chi connectivity index (χ4v) is 2.19. The molecule has 3 nitrogen and oxygen atoms in total. The molecule has 1 unspecified atom stereocenters. The van der Waals surface area contributed by atoms with Crippen LogP contribution in [-0.4, -0.2) is 42.1 Å². The van der Waals surface area contributed by atoms with E-state index >= 15 is 0 Å². The smallest absolute Gasteiger partial charge is 0.0110 e. The Morgan fingerprint density at radius 1 is 1.40 bits per heavy atom. The highest BCUT2D eigenvalue weighted by Gasteiger charge is 2.15. The van der Waals surface area contributed by atoms with Crippen molar-refractivity contribution in [3.63, 3.8) is 0 Å². The molecule has 0 aliphatic carbocycles. The maximum absolute atomic E-state index is 3.39. The molecular formula is C12H21N3. The van der Waals surface area contributed by atoms with Crippen molar-refractivity contribution in [3.8, 4) is 0 Å². The molecule has 0 radical (unpaired) electrons. The highest BCUT2D eigenvalue weighted by atomic mass is 15.2. The second-order valence-electron chi connectivity index (χ2n) is 4.39. The molecule has 15 heavy (non-hydrogen) atoms. The van der Waals surface area contributed by atoms with Gasteiger partial charge in [0.05, 0.1) is 0 Å². The quantitative estimate of drug-likeness (QED) is 0.778. The van der Waals surface area contributed by atoms with Gasteiger partial charge >= 0.3 is 0 Å². The van der Waals surface area contributed by atoms with Gasteiger partial charge in [0, 0.05) is 44.6 Å². The third-order valence-corrected chi connectivity index (χ3v) is 3.29. The summed E-state index contributed by atoms with van der Waals surface area (Å²) in [4.78, 5) is 5.70. The van der Waals surface area contributed by atoms with Gasteiger partial charge in [-0.05, 0) is 31.4 Å². The second kappa shape index (κ2) is 5.33. The highest BCUT2D eigenvalue weighted by molar-refractivity contribution is 5.08. The van der Waals surface area contributed by atoms with E-state index in [2.05, 4.69) is 34.4 Å². The number of H-pyrrole nitrogens is 1. The van der Waals surface area contributed by atoms with Gasteiger partial charge in [0.1, 0.15) is 0 Å². The first-order valence-electron chi connectivity index (χ1n) is 5.92. The minimum Gasteiger partial charge on any atom is -0.367 e. The van der Waals surface area contributed by atoms with Crippen LogP contribution < -0.4 is 5.32 Å². The molecule has 1 saturated heterocycles. The molecule has 0 bridgehead atoms. The van der Waals surface area contributed by atoms with Crippen molar-refractivity contribution >= 4 is 0 Å². The number of piperazine rings is 1. The number of nitrogens with one attached hydrogen (secondary N) is 2. The average molecular weight is 207 g/mol. The summed E-state index contributed by atoms with van der Waals surface area (Å²) in [5.74, 6) is 0. The molecule has 1 atom stereocenters. The fourth-order valence-electron chi connectivity index (χ4n) is 2.19. The maximum Gasteiger partial charge on any atom is 0.0110 e. The van der Waals surface area contributed by atoms with Crippen LogP contribution in [0.4, 0.5) is 0 Å². The zero-order valence-electron chi connectivity index (χ0n) is 9.50. The van der Waals surface area contributed by atoms with Crippen molar-refractivity contribution in [1.29, 1.82) is 0 Å². The lowest BCUT2D eigenvalue weighted by Gasteiger charge is -2.32. The van der Waals surface area contributed by atoms with E-state index in [0.29, 0.717) is 6.04 Å². The van der Waals surface area contributed by atoms with Gasteiger partial charge in [-0.25, -0.2) is 0 Å². The zero-order chi connectivity index (χ0) is 10.5. The Kier molecular flexibility index (Phi) is 3.80. The van der Waals surface area contributed by atoms with Gasteiger partial charge in [-0.2, -0.15) is 0 Å². The monoisotopic (exact) mass is 207 g/mol. The van der Waals surface area contributed by atoms with Gasteiger partial charge in [0.25, 0.3) is 0 Å². The number of hydrogen-bond acceptors (Lipinski definition) is 2. The molecule has 2 heterocycles. The van der Waals surface area contributed by atoms with E-state index in [-0.39, 0.29) is 0 Å². The van der Waals surface area contributed by atoms with Crippen LogP contribution in [0.2, 0.25) is 0 Å². The fraction of sp³-hybridized carbons (Fsp3) is 0.667. The largest absolute Gasteiger partial charge is 0.367 e. The molecule has 1 aromatic rings. The third kappa shape index (κ3) is 3.08. The summed E-state index contributed by atoms with van der Waals surface area (Å²) < 4.78 is 0. The SMILES string of the molecule is CC(CCc1cc[nH]c1)N1CCNCC1. The van der Waals surface area contributed by atoms with Gasteiger partial charge in [-0.1, -0.05) is 0 Å². The van der Waals surface area contributed by atoms with Crippen LogP contribution in [0.1, 0.15) is 18.9 Å². The van der Waals surface area contributed by atoms with Crippen LogP contribution >= 0.6 is 0 Å². The van der Waals surface area contributed by atoms with Gasteiger partial charge in [-0.15, -0.1) is 0 Å². The molecule has 1 aliphatic rings. The Bertz CT molecular complexity index is 262. The summed E-state index contributed by atoms with van der Waals surface area (Å²) >= 11 is 0. The summed E-state index contributed by atoms with van der Waals surface area (Å²) in [5.41, 5.74) is 1.43. The number of aryl methyl sites for hydroxylation is 1. The van der Waals surface area contributed by atoms with Crippen molar-refractivity contribution in [2.45, 2.75) is 25.8 Å². The lowest BCUT2D eigenvalue weighted by atomic mass is 10.1. The first-order chi connectivity index (χ1) is 7.36. The summed E-state index contributed by atoms with van der Waals surface area (Å²) in [6.45, 7) is 7.05. The molecule has 1 aromatic heterocycles. The van der Waals surface area contributed by atoms with E-state index in [1.165, 1.54) is 31.5 Å². The van der Waals surface area contributed by atoms with Crippen molar-refractivity contribution in [1.82, 2.24) is 15.2 Å². The molecule has 84 valence electrons. The lowest BCUT2D eigenvalue weighted by molar-refractivity contribution is 0.177. The van der Waals surface area contributed by atoms with Crippen molar-refractivity contribution in [2.24, 2.45) is 0 Å². The Hall–Kier alpha value is -0.800. The Labute approximate surface area is 91.9 Å². The van der Waals surface area contributed by atoms with Crippen LogP contribution in [0.3, 0.4) is 0 Å². The number of aromatic nitrogens is 1. The van der Waals surface area contributed by atoms with Gasteiger partial charge < -0.3 is 10.3 Å². The van der Waals surface area contributed by atoms with E-state index < -0.39 is 0 Å². The molecule has 0 aromatic carbocycles. The normalized spacial score (nSPS) is 20.3. The Morgan fingerprint density at radius 2 is 2.20 bits per heavy atom. The summed E-state index contributed by atoms with van der Waals surface area (Å²) in [5, 5.41) is 3.39. The summed E-state index contributed by atoms with van der Waals surface area (Å²) in [6.07, 6.45) is 6.56. The van der Waals surface area contributed by atoms with E-state index in [9.17, 15) is 0 Å². The van der Waals surface area contributed by atoms with Gasteiger partial charge in [0.2, 0.25) is 0 Å². The van der Waals surface area contributed by atoms with E-state index in [4.69, 9.17) is 0 Å². The van der Waals surface area contributed by atoms with Crippen LogP contribution in [0, 0.1) is 0 Å². The number of hydrogen-bond donors (Lipinski definition) is 2. The van der Waals surface area contributed by atoms with Gasteiger partial charge in [-0.3, -0.25) is 4.90 Å². The minimum atomic E-state index is 0.710. The van der Waals surface area contributed by atoms with Crippen LogP contribution in [-0.2, 0) is 6.42 Å². The van der Waals surface area contributed by atoms with Crippen LogP contribution in [0.5, 0.6) is 0 Å². The topological polar surface area (TPSA) is 31.1 Å². The average Bonchev–Trinajstić information content (AvgIpc) is 2.80. The first kappa shape index (κ1) is 10.7. The molecule has 2 N–H and O–H groups in total. The highest BCUT2D eigenvalue weighted by Crippen LogP contribution is 2.09. The van der Waals surface area contributed by atoms with E-state index in [0.717, 1.165) is 13.1 Å². The Balaban J connectivity index is 1.74. The molecule has 0 amide bonds. The van der Waals surface area contributed by atoms with Crippen molar-refractivity contribution in [3.05, 3.63) is 24.0 Å². The summed E-state index contributed by atoms with van der Waals surface area (Å²) in [7, 11) is 0. The number of rotatable bonds is 4. The minimum absolute atomic E-state index is 0.710. The molecule has 1 fully saturated rings. The third-order valence-electron chi connectivity index (χ3n) is 3.29. The zero-order valence-corrected chi connectivity index (χ0v) is 9.50. The standard InChI is InChI=1S/C12H21N3/c1-11(15-8-6-13-7-9-15)2-3-12-4-5-14-10-12/h4-5,10-11,13-14H,2-3,6-9H2,1H3. The van der Waals surface area contributed by atoms with E-state index in [1.807, 2.05) is 6.20 Å². The van der Waals surface area contributed by atoms with Gasteiger partial charge in [0.15, 0.2) is 0 Å². The first-order valence-corrected chi connectivity index (χ1v) is 5.92. The number of nitrogens with zero attached hydrogens (tertiary/aromatic N) is 1. The number of aromatic amines is 1. The maximum atomic E-state index is 3.39.